The van der Waals surface area contributed by atoms with Gasteiger partial charge in [-0.15, -0.1) is 24.8 Å². The van der Waals surface area contributed by atoms with Gasteiger partial charge in [-0.1, -0.05) is 0 Å². The third kappa shape index (κ3) is 4.00. The Labute approximate surface area is 176 Å². The van der Waals surface area contributed by atoms with Crippen LogP contribution in [0.4, 0.5) is 11.4 Å². The van der Waals surface area contributed by atoms with Gasteiger partial charge in [0.05, 0.1) is 0 Å². The Bertz CT molecular complexity index is 831. The first-order valence-electron chi connectivity index (χ1n) is 7.86. The van der Waals surface area contributed by atoms with Crippen molar-refractivity contribution in [1.82, 2.24) is 5.43 Å². The maximum atomic E-state index is 3.63. The summed E-state index contributed by atoms with van der Waals surface area (Å²) in [5.74, 6) is 0. The van der Waals surface area contributed by atoms with Crippen LogP contribution in [-0.4, -0.2) is 4.35 Å². The molecule has 1 fully saturated rings. The monoisotopic (exact) mass is 473 g/mol. The molecule has 0 saturated carbocycles. The standard InChI is InChI=1S/C20H17N3.2ClH.Ru/c1-4-10-17(11-5-1)20-21-23(19-14-8-3-9-15-19)16-22(20)18-12-6-2-7-13-18;;;/h1-15,20-21H;2*1H;. The van der Waals surface area contributed by atoms with E-state index in [1.165, 1.54) is 5.56 Å². The molecule has 1 aliphatic heterocycles. The van der Waals surface area contributed by atoms with Crippen LogP contribution in [0.2, 0.25) is 0 Å². The molecule has 136 valence electrons. The van der Waals surface area contributed by atoms with Gasteiger partial charge in [-0.3, -0.25) is 0 Å². The molecular weight excluding hydrogens is 454 g/mol. The van der Waals surface area contributed by atoms with Gasteiger partial charge in [0.1, 0.15) is 0 Å². The Morgan fingerprint density at radius 1 is 0.654 bits per heavy atom. The summed E-state index contributed by atoms with van der Waals surface area (Å²) in [5, 5.41) is 2.13. The number of benzene rings is 3. The van der Waals surface area contributed by atoms with Crippen molar-refractivity contribution >= 4 is 40.5 Å². The molecular formula is C20H19Cl2N3Ru. The molecule has 0 spiro atoms. The fourth-order valence-electron chi connectivity index (χ4n) is 2.90. The van der Waals surface area contributed by atoms with Gasteiger partial charge in [0.15, 0.2) is 0 Å². The Morgan fingerprint density at radius 3 is 1.65 bits per heavy atom. The zero-order valence-electron chi connectivity index (χ0n) is 13.8. The van der Waals surface area contributed by atoms with E-state index < -0.39 is 0 Å². The number of hydrazine groups is 1. The normalized spacial score (nSPS) is 16.0. The number of halogens is 2. The number of rotatable bonds is 3. The molecule has 6 heteroatoms. The molecule has 26 heavy (non-hydrogen) atoms. The molecule has 1 N–H and O–H groups in total. The van der Waals surface area contributed by atoms with Gasteiger partial charge in [-0.25, -0.2) is 0 Å². The third-order valence-electron chi connectivity index (χ3n) is 4.05. The van der Waals surface area contributed by atoms with Crippen molar-refractivity contribution in [2.45, 2.75) is 6.17 Å². The topological polar surface area (TPSA) is 18.5 Å². The molecule has 0 radical (unpaired) electrons. The van der Waals surface area contributed by atoms with Crippen molar-refractivity contribution < 1.29 is 17.9 Å². The zero-order valence-corrected chi connectivity index (χ0v) is 17.2. The van der Waals surface area contributed by atoms with Crippen LogP contribution < -0.4 is 15.3 Å². The SMILES string of the molecule is Cl.Cl.[Ru]=[C]1N(c2ccccc2)NC(c2ccccc2)N1c1ccccc1. The van der Waals surface area contributed by atoms with Gasteiger partial charge in [0.25, 0.3) is 0 Å². The number of nitrogens with zero attached hydrogens (tertiary/aromatic N) is 2. The molecule has 3 aromatic rings. The van der Waals surface area contributed by atoms with Gasteiger partial charge in [0, 0.05) is 0 Å². The molecule has 0 bridgehead atoms. The average molecular weight is 473 g/mol. The van der Waals surface area contributed by atoms with Crippen LogP contribution in [0, 0.1) is 0 Å². The summed E-state index contributed by atoms with van der Waals surface area (Å²) in [6.07, 6.45) is 0.0462. The van der Waals surface area contributed by atoms with Gasteiger partial charge in [-0.05, 0) is 0 Å². The Hall–Kier alpha value is -1.71. The fourth-order valence-corrected chi connectivity index (χ4v) is 3.68. The first-order chi connectivity index (χ1) is 11.8. The zero-order chi connectivity index (χ0) is 16.4. The van der Waals surface area contributed by atoms with Crippen molar-refractivity contribution in [1.29, 1.82) is 0 Å². The second kappa shape index (κ2) is 9.29. The van der Waals surface area contributed by atoms with Gasteiger partial charge in [-0.2, -0.15) is 0 Å². The van der Waals surface area contributed by atoms with Crippen molar-refractivity contribution in [3.8, 4) is 0 Å². The minimum absolute atomic E-state index is 0. The van der Waals surface area contributed by atoms with Crippen LogP contribution in [0.25, 0.3) is 0 Å². The Morgan fingerprint density at radius 2 is 1.12 bits per heavy atom. The van der Waals surface area contributed by atoms with Crippen molar-refractivity contribution in [2.24, 2.45) is 0 Å². The summed E-state index contributed by atoms with van der Waals surface area (Å²) >= 11 is 2.76. The summed E-state index contributed by atoms with van der Waals surface area (Å²) in [5.41, 5.74) is 7.13. The Balaban J connectivity index is 0.00000121. The maximum absolute atomic E-state index is 3.63. The second-order valence-corrected chi connectivity index (χ2v) is 6.35. The number of para-hydroxylation sites is 2. The molecule has 0 aromatic heterocycles. The quantitative estimate of drug-likeness (QED) is 0.557. The van der Waals surface area contributed by atoms with Crippen molar-refractivity contribution in [3.05, 3.63) is 96.6 Å². The van der Waals surface area contributed by atoms with Gasteiger partial charge < -0.3 is 0 Å². The van der Waals surface area contributed by atoms with E-state index in [1.54, 1.807) is 0 Å². The van der Waals surface area contributed by atoms with Crippen LogP contribution in [0.1, 0.15) is 11.7 Å². The van der Waals surface area contributed by atoms with Gasteiger partial charge >= 0.3 is 152 Å². The van der Waals surface area contributed by atoms with E-state index in [0.29, 0.717) is 0 Å². The van der Waals surface area contributed by atoms with E-state index in [-0.39, 0.29) is 31.0 Å². The van der Waals surface area contributed by atoms with E-state index in [0.717, 1.165) is 15.7 Å². The first kappa shape index (κ1) is 20.6. The third-order valence-corrected chi connectivity index (χ3v) is 4.85. The van der Waals surface area contributed by atoms with Crippen molar-refractivity contribution in [3.63, 3.8) is 0 Å². The van der Waals surface area contributed by atoms with E-state index in [4.69, 9.17) is 0 Å². The molecule has 1 unspecified atom stereocenters. The molecule has 1 heterocycles. The van der Waals surface area contributed by atoms with Gasteiger partial charge in [0.2, 0.25) is 0 Å². The molecule has 3 aromatic carbocycles. The predicted molar refractivity (Wildman–Crippen MR) is 110 cm³/mol. The molecule has 0 aliphatic carbocycles. The first-order valence-corrected chi connectivity index (χ1v) is 8.73. The summed E-state index contributed by atoms with van der Waals surface area (Å²) < 4.78 is 1.08. The summed E-state index contributed by atoms with van der Waals surface area (Å²) in [6.45, 7) is 0. The molecule has 3 nitrogen and oxygen atoms in total. The predicted octanol–water partition coefficient (Wildman–Crippen LogP) is 4.69. The number of hydrogen-bond acceptors (Lipinski definition) is 3. The van der Waals surface area contributed by atoms with E-state index in [9.17, 15) is 0 Å². The van der Waals surface area contributed by atoms with Crippen LogP contribution in [0.5, 0.6) is 0 Å². The van der Waals surface area contributed by atoms with Crippen LogP contribution in [0.3, 0.4) is 0 Å². The number of nitrogens with one attached hydrogen (secondary N) is 1. The molecule has 4 rings (SSSR count). The van der Waals surface area contributed by atoms with E-state index >= 15 is 0 Å². The number of anilines is 2. The summed E-state index contributed by atoms with van der Waals surface area (Å²) in [4.78, 5) is 2.30. The average Bonchev–Trinajstić information content (AvgIpc) is 3.01. The molecule has 1 aliphatic rings. The second-order valence-electron chi connectivity index (χ2n) is 5.58. The van der Waals surface area contributed by atoms with Crippen LogP contribution >= 0.6 is 24.8 Å². The summed E-state index contributed by atoms with van der Waals surface area (Å²) in [7, 11) is 0. The number of hydrogen-bond donors (Lipinski definition) is 1. The summed E-state index contributed by atoms with van der Waals surface area (Å²) in [6, 6.07) is 31.3. The molecule has 1 atom stereocenters. The molecule has 1 saturated heterocycles. The van der Waals surface area contributed by atoms with Crippen molar-refractivity contribution in [2.75, 3.05) is 9.91 Å². The van der Waals surface area contributed by atoms with E-state index in [2.05, 4.69) is 106 Å². The minimum atomic E-state index is 0. The van der Waals surface area contributed by atoms with Crippen LogP contribution in [-0.2, 0) is 17.9 Å². The van der Waals surface area contributed by atoms with E-state index in [1.807, 2.05) is 18.2 Å². The Kier molecular flexibility index (Phi) is 7.36. The molecule has 0 amide bonds. The fraction of sp³-hybridized carbons (Fsp3) is 0.0500. The van der Waals surface area contributed by atoms with Crippen LogP contribution in [0.15, 0.2) is 91.0 Å².